The Kier molecular flexibility index (Phi) is 25.5. The third-order valence-corrected chi connectivity index (χ3v) is 8.26. The molecule has 9 nitrogen and oxygen atoms in total. The lowest BCUT2D eigenvalue weighted by Crippen LogP contribution is -2.36. The fourth-order valence-corrected chi connectivity index (χ4v) is 4.37. The highest BCUT2D eigenvalue weighted by molar-refractivity contribution is 7.80. The van der Waals surface area contributed by atoms with Crippen LogP contribution in [-0.2, 0) is 0 Å². The van der Waals surface area contributed by atoms with Crippen LogP contribution in [0.4, 0.5) is 4.79 Å². The molecule has 0 aliphatic rings. The molecule has 0 atom stereocenters. The minimum atomic E-state index is -0.108. The molecule has 10 heteroatoms. The topological polar surface area (TPSA) is 146 Å². The number of nitrogens with one attached hydrogen (secondary N) is 4. The van der Waals surface area contributed by atoms with Gasteiger partial charge in [0, 0.05) is 52.6 Å². The Labute approximate surface area is 276 Å². The van der Waals surface area contributed by atoms with Crippen molar-refractivity contribution in [2.75, 3.05) is 52.6 Å². The monoisotopic (exact) mass is 649 g/mol. The molecular weight excluding hydrogens is 576 g/mol. The average Bonchev–Trinajstić information content (AvgIpc) is 2.96. The SMILES string of the molecule is CC(C)(CO)CCCCNC(=O)NCCCCC(C)(C)CO.CC(C)(CO)CCCCNC(=S)NCCCCC(C)(C)CO. The third-order valence-electron chi connectivity index (χ3n) is 7.98. The second-order valence-corrected chi connectivity index (χ2v) is 15.9. The van der Waals surface area contributed by atoms with Gasteiger partial charge >= 0.3 is 6.03 Å². The zero-order valence-corrected chi connectivity index (χ0v) is 30.6. The first kappa shape index (κ1) is 44.9. The maximum absolute atomic E-state index is 11.6. The van der Waals surface area contributed by atoms with E-state index in [0.29, 0.717) is 13.1 Å². The van der Waals surface area contributed by atoms with Crippen molar-refractivity contribution >= 4 is 23.4 Å². The average molecular weight is 649 g/mol. The fourth-order valence-electron chi connectivity index (χ4n) is 4.16. The first-order valence-corrected chi connectivity index (χ1v) is 17.3. The van der Waals surface area contributed by atoms with Crippen molar-refractivity contribution in [1.29, 1.82) is 0 Å². The molecule has 0 aromatic heterocycles. The Morgan fingerprint density at radius 1 is 0.455 bits per heavy atom. The van der Waals surface area contributed by atoms with Crippen LogP contribution in [-0.4, -0.2) is 84.2 Å². The third kappa shape index (κ3) is 29.5. The number of amides is 2. The highest BCUT2D eigenvalue weighted by Gasteiger charge is 2.17. The number of unbranched alkanes of at least 4 members (excludes halogenated alkanes) is 4. The lowest BCUT2D eigenvalue weighted by Gasteiger charge is -2.21. The fraction of sp³-hybridized carbons (Fsp3) is 0.941. The number of hydrogen-bond acceptors (Lipinski definition) is 6. The van der Waals surface area contributed by atoms with E-state index < -0.39 is 0 Å². The van der Waals surface area contributed by atoms with E-state index in [4.69, 9.17) is 22.4 Å². The van der Waals surface area contributed by atoms with E-state index in [1.54, 1.807) is 0 Å². The van der Waals surface area contributed by atoms with Crippen LogP contribution >= 0.6 is 12.2 Å². The predicted octanol–water partition coefficient (Wildman–Crippen LogP) is 5.49. The lowest BCUT2D eigenvalue weighted by molar-refractivity contribution is 0.147. The van der Waals surface area contributed by atoms with Gasteiger partial charge < -0.3 is 41.7 Å². The largest absolute Gasteiger partial charge is 0.396 e. The molecular formula is C34H72N4O5S. The van der Waals surface area contributed by atoms with Crippen LogP contribution in [0.3, 0.4) is 0 Å². The van der Waals surface area contributed by atoms with Crippen molar-refractivity contribution in [2.24, 2.45) is 21.7 Å². The van der Waals surface area contributed by atoms with Crippen LogP contribution in [0, 0.1) is 21.7 Å². The van der Waals surface area contributed by atoms with E-state index in [0.717, 1.165) is 95.3 Å². The Morgan fingerprint density at radius 2 is 0.682 bits per heavy atom. The summed E-state index contributed by atoms with van der Waals surface area (Å²) in [4.78, 5) is 11.6. The maximum atomic E-state index is 11.6. The van der Waals surface area contributed by atoms with Crippen molar-refractivity contribution in [2.45, 2.75) is 132 Å². The predicted molar refractivity (Wildman–Crippen MR) is 189 cm³/mol. The minimum Gasteiger partial charge on any atom is -0.396 e. The Balaban J connectivity index is 0. The van der Waals surface area contributed by atoms with Crippen molar-refractivity contribution in [3.8, 4) is 0 Å². The number of thiocarbonyl (C=S) groups is 1. The standard InChI is InChI=1S/C17H36N2O3.C17H36N2O2S/c2*1-16(2,13-20)9-5-7-11-18-15(22)19-12-8-6-10-17(3,4)14-21/h2*20-21H,5-14H2,1-4H3,(H2,18,19,22). The molecule has 0 rings (SSSR count). The number of aliphatic hydroxyl groups is 4. The summed E-state index contributed by atoms with van der Waals surface area (Å²) in [5, 5.41) is 49.6. The summed E-state index contributed by atoms with van der Waals surface area (Å²) in [7, 11) is 0. The number of carbonyl (C=O) groups excluding carboxylic acids is 1. The molecule has 0 aromatic carbocycles. The van der Waals surface area contributed by atoms with Crippen molar-refractivity contribution in [3.05, 3.63) is 0 Å². The van der Waals surface area contributed by atoms with E-state index in [1.807, 2.05) is 27.7 Å². The molecule has 264 valence electrons. The van der Waals surface area contributed by atoms with Crippen LogP contribution < -0.4 is 21.3 Å². The molecule has 44 heavy (non-hydrogen) atoms. The van der Waals surface area contributed by atoms with Gasteiger partial charge in [-0.3, -0.25) is 0 Å². The van der Waals surface area contributed by atoms with Gasteiger partial charge in [0.1, 0.15) is 0 Å². The Morgan fingerprint density at radius 3 is 0.909 bits per heavy atom. The number of hydrogen-bond donors (Lipinski definition) is 8. The van der Waals surface area contributed by atoms with Crippen molar-refractivity contribution in [1.82, 2.24) is 21.3 Å². The minimum absolute atomic E-state index is 0.0232. The number of carbonyl (C=O) groups is 1. The molecule has 2 amide bonds. The van der Waals surface area contributed by atoms with Crippen molar-refractivity contribution < 1.29 is 25.2 Å². The van der Waals surface area contributed by atoms with Crippen LogP contribution in [0.2, 0.25) is 0 Å². The van der Waals surface area contributed by atoms with E-state index in [-0.39, 0.29) is 54.1 Å². The first-order valence-electron chi connectivity index (χ1n) is 16.9. The maximum Gasteiger partial charge on any atom is 0.314 e. The first-order chi connectivity index (χ1) is 20.4. The quantitative estimate of drug-likeness (QED) is 0.0507. The molecule has 8 N–H and O–H groups in total. The molecule has 0 saturated carbocycles. The second-order valence-electron chi connectivity index (χ2n) is 15.5. The molecule has 0 aliphatic carbocycles. The molecule has 0 radical (unpaired) electrons. The van der Waals surface area contributed by atoms with E-state index in [2.05, 4.69) is 49.0 Å². The molecule has 0 aliphatic heterocycles. The van der Waals surface area contributed by atoms with Crippen LogP contribution in [0.15, 0.2) is 0 Å². The van der Waals surface area contributed by atoms with Crippen molar-refractivity contribution in [3.63, 3.8) is 0 Å². The summed E-state index contributed by atoms with van der Waals surface area (Å²) in [5.74, 6) is 0. The highest BCUT2D eigenvalue weighted by atomic mass is 32.1. The highest BCUT2D eigenvalue weighted by Crippen LogP contribution is 2.23. The number of rotatable bonds is 24. The molecule has 0 aromatic rings. The van der Waals surface area contributed by atoms with Gasteiger partial charge in [0.25, 0.3) is 0 Å². The van der Waals surface area contributed by atoms with Crippen LogP contribution in [0.25, 0.3) is 0 Å². The van der Waals surface area contributed by atoms with Gasteiger partial charge in [0.15, 0.2) is 5.11 Å². The molecule has 0 saturated heterocycles. The second kappa shape index (κ2) is 25.0. The number of aliphatic hydroxyl groups excluding tert-OH is 4. The van der Waals surface area contributed by atoms with Gasteiger partial charge in [-0.25, -0.2) is 4.79 Å². The van der Waals surface area contributed by atoms with Crippen LogP contribution in [0.5, 0.6) is 0 Å². The van der Waals surface area contributed by atoms with E-state index >= 15 is 0 Å². The zero-order chi connectivity index (χ0) is 34.1. The summed E-state index contributed by atoms with van der Waals surface area (Å²) in [6.07, 6.45) is 12.2. The molecule has 0 bridgehead atoms. The van der Waals surface area contributed by atoms with Gasteiger partial charge in [-0.1, -0.05) is 81.1 Å². The zero-order valence-electron chi connectivity index (χ0n) is 29.7. The van der Waals surface area contributed by atoms with Gasteiger partial charge in [0.2, 0.25) is 0 Å². The summed E-state index contributed by atoms with van der Waals surface area (Å²) in [5.41, 5.74) is 0.0113. The number of urea groups is 1. The van der Waals surface area contributed by atoms with Gasteiger partial charge in [-0.05, 0) is 85.2 Å². The summed E-state index contributed by atoms with van der Waals surface area (Å²) < 4.78 is 0. The normalized spacial score (nSPS) is 12.3. The Hall–Kier alpha value is -1.20. The smallest absolute Gasteiger partial charge is 0.314 e. The van der Waals surface area contributed by atoms with Gasteiger partial charge in [-0.2, -0.15) is 0 Å². The van der Waals surface area contributed by atoms with E-state index in [9.17, 15) is 15.0 Å². The molecule has 0 heterocycles. The summed E-state index contributed by atoms with van der Waals surface area (Å²) in [6.45, 7) is 20.5. The van der Waals surface area contributed by atoms with Crippen LogP contribution in [0.1, 0.15) is 132 Å². The summed E-state index contributed by atoms with van der Waals surface area (Å²) >= 11 is 5.24. The molecule has 0 unspecified atom stereocenters. The van der Waals surface area contributed by atoms with E-state index in [1.165, 1.54) is 0 Å². The molecule has 0 spiro atoms. The molecule has 0 fully saturated rings. The Bertz CT molecular complexity index is 616. The van der Waals surface area contributed by atoms with Gasteiger partial charge in [-0.15, -0.1) is 0 Å². The van der Waals surface area contributed by atoms with Gasteiger partial charge in [0.05, 0.1) is 0 Å². The lowest BCUT2D eigenvalue weighted by atomic mass is 9.88. The summed E-state index contributed by atoms with van der Waals surface area (Å²) in [6, 6.07) is -0.108.